The molecule has 0 N–H and O–H groups in total. The second kappa shape index (κ2) is 3.36. The predicted octanol–water partition coefficient (Wildman–Crippen LogP) is 2.38. The van der Waals surface area contributed by atoms with E-state index in [9.17, 15) is 0 Å². The highest BCUT2D eigenvalue weighted by Gasteiger charge is 2.22. The molecule has 1 heterocycles. The largest absolute Gasteiger partial charge is 0.357 e. The highest BCUT2D eigenvalue weighted by atomic mass is 15.2. The minimum absolute atomic E-state index is 0.731. The molecule has 0 atom stereocenters. The van der Waals surface area contributed by atoms with Crippen LogP contribution in [0.4, 0.5) is 5.82 Å². The summed E-state index contributed by atoms with van der Waals surface area (Å²) in [6.07, 6.45) is 4.03. The number of aromatic nitrogens is 1. The first kappa shape index (κ1) is 8.54. The van der Waals surface area contributed by atoms with E-state index in [2.05, 4.69) is 29.1 Å². The molecule has 0 aromatic carbocycles. The quantitative estimate of drug-likeness (QED) is 0.687. The summed E-state index contributed by atoms with van der Waals surface area (Å²) in [5.41, 5.74) is 1.10. The molecule has 1 aromatic rings. The Kier molecular flexibility index (Phi) is 2.21. The van der Waals surface area contributed by atoms with Gasteiger partial charge in [-0.1, -0.05) is 6.07 Å². The molecule has 0 unspecified atom stereocenters. The van der Waals surface area contributed by atoms with Gasteiger partial charge in [0.1, 0.15) is 5.82 Å². The highest BCUT2D eigenvalue weighted by molar-refractivity contribution is 5.39. The summed E-state index contributed by atoms with van der Waals surface area (Å²) in [6, 6.07) is 6.94. The van der Waals surface area contributed by atoms with Gasteiger partial charge in [0.2, 0.25) is 0 Å². The smallest absolute Gasteiger partial charge is 0.128 e. The van der Waals surface area contributed by atoms with E-state index in [1.54, 1.807) is 0 Å². The van der Waals surface area contributed by atoms with Crippen molar-refractivity contribution in [1.29, 1.82) is 0 Å². The molecule has 1 aliphatic rings. The zero-order valence-electron chi connectivity index (χ0n) is 8.33. The van der Waals surface area contributed by atoms with E-state index in [0.29, 0.717) is 0 Å². The van der Waals surface area contributed by atoms with Crippen molar-refractivity contribution in [1.82, 2.24) is 4.98 Å². The molecule has 2 nitrogen and oxygen atoms in total. The fraction of sp³-hybridized carbons (Fsp3) is 0.545. The van der Waals surface area contributed by atoms with Crippen molar-refractivity contribution in [3.8, 4) is 0 Å². The number of aryl methyl sites for hydroxylation is 1. The Morgan fingerprint density at radius 3 is 2.69 bits per heavy atom. The van der Waals surface area contributed by atoms with Crippen molar-refractivity contribution in [2.45, 2.75) is 32.2 Å². The van der Waals surface area contributed by atoms with E-state index in [1.165, 1.54) is 19.3 Å². The van der Waals surface area contributed by atoms with Crippen LogP contribution in [0.3, 0.4) is 0 Å². The first-order valence-corrected chi connectivity index (χ1v) is 4.94. The maximum Gasteiger partial charge on any atom is 0.128 e. The van der Waals surface area contributed by atoms with Crippen LogP contribution in [0.1, 0.15) is 25.0 Å². The van der Waals surface area contributed by atoms with E-state index in [0.717, 1.165) is 17.6 Å². The number of anilines is 1. The number of hydrogen-bond acceptors (Lipinski definition) is 2. The minimum Gasteiger partial charge on any atom is -0.357 e. The van der Waals surface area contributed by atoms with Crippen LogP contribution >= 0.6 is 0 Å². The molecule has 1 aromatic heterocycles. The summed E-state index contributed by atoms with van der Waals surface area (Å²) in [5.74, 6) is 1.12. The molecule has 1 saturated carbocycles. The van der Waals surface area contributed by atoms with Gasteiger partial charge in [-0.2, -0.15) is 0 Å². The fourth-order valence-electron chi connectivity index (χ4n) is 1.69. The van der Waals surface area contributed by atoms with Crippen LogP contribution in [0.2, 0.25) is 0 Å². The molecule has 0 spiro atoms. The number of hydrogen-bond donors (Lipinski definition) is 0. The Hall–Kier alpha value is -1.05. The highest BCUT2D eigenvalue weighted by Crippen LogP contribution is 2.26. The van der Waals surface area contributed by atoms with Crippen LogP contribution in [-0.4, -0.2) is 18.1 Å². The molecule has 2 heteroatoms. The zero-order chi connectivity index (χ0) is 9.26. The minimum atomic E-state index is 0.731. The molecule has 70 valence electrons. The van der Waals surface area contributed by atoms with Crippen LogP contribution in [0.15, 0.2) is 18.2 Å². The molecule has 0 radical (unpaired) electrons. The fourth-order valence-corrected chi connectivity index (χ4v) is 1.69. The van der Waals surface area contributed by atoms with Crippen molar-refractivity contribution in [3.63, 3.8) is 0 Å². The maximum absolute atomic E-state index is 4.50. The third kappa shape index (κ3) is 1.67. The number of nitrogens with zero attached hydrogens (tertiary/aromatic N) is 2. The Bertz CT molecular complexity index is 292. The van der Waals surface area contributed by atoms with Gasteiger partial charge in [-0.3, -0.25) is 0 Å². The Morgan fingerprint density at radius 2 is 2.15 bits per heavy atom. The van der Waals surface area contributed by atoms with Crippen LogP contribution < -0.4 is 4.90 Å². The molecule has 1 fully saturated rings. The molecular weight excluding hydrogens is 160 g/mol. The standard InChI is InChI=1S/C11H16N2/c1-9-5-3-8-11(12-9)13(2)10-6-4-7-10/h3,5,8,10H,4,6-7H2,1-2H3. The lowest BCUT2D eigenvalue weighted by atomic mass is 9.92. The topological polar surface area (TPSA) is 16.1 Å². The first-order valence-electron chi connectivity index (χ1n) is 4.94. The SMILES string of the molecule is Cc1cccc(N(C)C2CCC2)n1. The van der Waals surface area contributed by atoms with Crippen molar-refractivity contribution in [2.75, 3.05) is 11.9 Å². The van der Waals surface area contributed by atoms with Gasteiger partial charge >= 0.3 is 0 Å². The molecule has 0 bridgehead atoms. The second-order valence-electron chi connectivity index (χ2n) is 3.83. The van der Waals surface area contributed by atoms with E-state index in [1.807, 2.05) is 13.0 Å². The van der Waals surface area contributed by atoms with Crippen LogP contribution in [-0.2, 0) is 0 Å². The van der Waals surface area contributed by atoms with E-state index >= 15 is 0 Å². The zero-order valence-corrected chi connectivity index (χ0v) is 8.33. The lowest BCUT2D eigenvalue weighted by molar-refractivity contribution is 0.399. The van der Waals surface area contributed by atoms with Crippen LogP contribution in [0.25, 0.3) is 0 Å². The Balaban J connectivity index is 2.14. The average Bonchev–Trinajstić information content (AvgIpc) is 2.01. The van der Waals surface area contributed by atoms with Gasteiger partial charge in [-0.05, 0) is 38.3 Å². The third-order valence-electron chi connectivity index (χ3n) is 2.86. The van der Waals surface area contributed by atoms with Gasteiger partial charge in [-0.15, -0.1) is 0 Å². The van der Waals surface area contributed by atoms with Gasteiger partial charge in [0.25, 0.3) is 0 Å². The lowest BCUT2D eigenvalue weighted by Gasteiger charge is -2.35. The van der Waals surface area contributed by atoms with E-state index in [-0.39, 0.29) is 0 Å². The van der Waals surface area contributed by atoms with Crippen LogP contribution in [0.5, 0.6) is 0 Å². The second-order valence-corrected chi connectivity index (χ2v) is 3.83. The van der Waals surface area contributed by atoms with Crippen molar-refractivity contribution >= 4 is 5.82 Å². The molecular formula is C11H16N2. The molecule has 2 rings (SSSR count). The first-order chi connectivity index (χ1) is 6.27. The van der Waals surface area contributed by atoms with Crippen molar-refractivity contribution in [3.05, 3.63) is 23.9 Å². The van der Waals surface area contributed by atoms with Crippen LogP contribution in [0, 0.1) is 6.92 Å². The summed E-state index contributed by atoms with van der Waals surface area (Å²) in [5, 5.41) is 0. The molecule has 0 amide bonds. The van der Waals surface area contributed by atoms with E-state index in [4.69, 9.17) is 0 Å². The molecule has 0 saturated heterocycles. The molecule has 13 heavy (non-hydrogen) atoms. The molecule has 1 aliphatic carbocycles. The normalized spacial score (nSPS) is 16.8. The van der Waals surface area contributed by atoms with Crippen molar-refractivity contribution in [2.24, 2.45) is 0 Å². The predicted molar refractivity (Wildman–Crippen MR) is 55.0 cm³/mol. The lowest BCUT2D eigenvalue weighted by Crippen LogP contribution is -2.37. The number of pyridine rings is 1. The Morgan fingerprint density at radius 1 is 1.38 bits per heavy atom. The summed E-state index contributed by atoms with van der Waals surface area (Å²) in [7, 11) is 2.14. The summed E-state index contributed by atoms with van der Waals surface area (Å²) >= 11 is 0. The Labute approximate surface area is 79.6 Å². The summed E-state index contributed by atoms with van der Waals surface area (Å²) < 4.78 is 0. The third-order valence-corrected chi connectivity index (χ3v) is 2.86. The number of rotatable bonds is 2. The van der Waals surface area contributed by atoms with Crippen molar-refractivity contribution < 1.29 is 0 Å². The summed E-state index contributed by atoms with van der Waals surface area (Å²) in [4.78, 5) is 6.80. The monoisotopic (exact) mass is 176 g/mol. The van der Waals surface area contributed by atoms with E-state index < -0.39 is 0 Å². The van der Waals surface area contributed by atoms with Gasteiger partial charge in [0, 0.05) is 18.8 Å². The average molecular weight is 176 g/mol. The maximum atomic E-state index is 4.50. The van der Waals surface area contributed by atoms with Gasteiger partial charge < -0.3 is 4.90 Å². The van der Waals surface area contributed by atoms with Gasteiger partial charge in [0.05, 0.1) is 0 Å². The van der Waals surface area contributed by atoms with Gasteiger partial charge in [-0.25, -0.2) is 4.98 Å². The van der Waals surface area contributed by atoms with Gasteiger partial charge in [0.15, 0.2) is 0 Å². The summed E-state index contributed by atoms with van der Waals surface area (Å²) in [6.45, 7) is 2.04. The molecule has 0 aliphatic heterocycles.